The smallest absolute Gasteiger partial charge is 0.335 e. The molecule has 0 bridgehead atoms. The fourth-order valence-corrected chi connectivity index (χ4v) is 3.68. The molecule has 134 valence electrons. The Bertz CT molecular complexity index is 888. The summed E-state index contributed by atoms with van der Waals surface area (Å²) in [5.41, 5.74) is 0.606. The highest BCUT2D eigenvalue weighted by molar-refractivity contribution is 5.93. The van der Waals surface area contributed by atoms with Crippen LogP contribution in [0.3, 0.4) is 0 Å². The van der Waals surface area contributed by atoms with E-state index in [1.807, 2.05) is 24.3 Å². The Labute approximate surface area is 150 Å². The van der Waals surface area contributed by atoms with Crippen LogP contribution in [0.25, 0.3) is 10.8 Å². The van der Waals surface area contributed by atoms with Crippen LogP contribution in [0.2, 0.25) is 0 Å². The molecule has 2 aromatic carbocycles. The Kier molecular flexibility index (Phi) is 4.20. The summed E-state index contributed by atoms with van der Waals surface area (Å²) in [6.07, 6.45) is 3.68. The highest BCUT2D eigenvalue weighted by Crippen LogP contribution is 2.34. The molecule has 2 aliphatic rings. The monoisotopic (exact) mass is 355 g/mol. The predicted molar refractivity (Wildman–Crippen MR) is 92.5 cm³/mol. The number of nitrogens with zero attached hydrogens (tertiary/aromatic N) is 1. The van der Waals surface area contributed by atoms with Gasteiger partial charge in [-0.2, -0.15) is 0 Å². The summed E-state index contributed by atoms with van der Waals surface area (Å²) in [6, 6.07) is 10.8. The van der Waals surface area contributed by atoms with Crippen molar-refractivity contribution in [3.8, 4) is 0 Å². The average Bonchev–Trinajstić information content (AvgIpc) is 2.93. The zero-order valence-corrected chi connectivity index (χ0v) is 14.1. The number of halogens is 1. The summed E-state index contributed by atoms with van der Waals surface area (Å²) >= 11 is 0. The van der Waals surface area contributed by atoms with Gasteiger partial charge in [0.25, 0.3) is 0 Å². The molecule has 2 heterocycles. The summed E-state index contributed by atoms with van der Waals surface area (Å²) in [5, 5.41) is 1.83. The summed E-state index contributed by atoms with van der Waals surface area (Å²) in [7, 11) is 0. The van der Waals surface area contributed by atoms with Gasteiger partial charge in [0.2, 0.25) is 0 Å². The SMILES string of the molecule is O=C1C=CC(=O)OC2(CCCN2CCc2c(F)ccc3ccccc23)O1. The molecular formula is C20H18FNO4. The molecule has 6 heteroatoms. The second-order valence-electron chi connectivity index (χ2n) is 6.48. The molecule has 1 saturated heterocycles. The lowest BCUT2D eigenvalue weighted by atomic mass is 10.0. The summed E-state index contributed by atoms with van der Waals surface area (Å²) in [6.45, 7) is 1.01. The van der Waals surface area contributed by atoms with Crippen molar-refractivity contribution >= 4 is 22.7 Å². The molecule has 2 aliphatic heterocycles. The minimum Gasteiger partial charge on any atom is -0.405 e. The van der Waals surface area contributed by atoms with Crippen molar-refractivity contribution in [1.29, 1.82) is 0 Å². The first-order chi connectivity index (χ1) is 12.6. The van der Waals surface area contributed by atoms with Gasteiger partial charge in [0, 0.05) is 31.7 Å². The number of esters is 2. The number of benzene rings is 2. The molecule has 0 N–H and O–H groups in total. The molecular weight excluding hydrogens is 337 g/mol. The zero-order chi connectivity index (χ0) is 18.1. The van der Waals surface area contributed by atoms with Gasteiger partial charge < -0.3 is 9.47 Å². The van der Waals surface area contributed by atoms with E-state index in [1.54, 1.807) is 11.0 Å². The summed E-state index contributed by atoms with van der Waals surface area (Å²) in [5.74, 6) is -2.88. The van der Waals surface area contributed by atoms with E-state index in [0.29, 0.717) is 31.5 Å². The second kappa shape index (κ2) is 6.53. The third-order valence-corrected chi connectivity index (χ3v) is 4.89. The van der Waals surface area contributed by atoms with Gasteiger partial charge in [-0.25, -0.2) is 18.9 Å². The van der Waals surface area contributed by atoms with Gasteiger partial charge in [0.15, 0.2) is 0 Å². The molecule has 2 aromatic rings. The Balaban J connectivity index is 1.59. The number of rotatable bonds is 3. The maximum Gasteiger partial charge on any atom is 0.335 e. The maximum absolute atomic E-state index is 14.4. The summed E-state index contributed by atoms with van der Waals surface area (Å²) < 4.78 is 25.2. The van der Waals surface area contributed by atoms with E-state index in [-0.39, 0.29) is 5.82 Å². The third-order valence-electron chi connectivity index (χ3n) is 4.89. The molecule has 1 spiro atoms. The predicted octanol–water partition coefficient (Wildman–Crippen LogP) is 2.93. The lowest BCUT2D eigenvalue weighted by Gasteiger charge is -2.35. The first-order valence-corrected chi connectivity index (χ1v) is 8.63. The van der Waals surface area contributed by atoms with E-state index < -0.39 is 17.8 Å². The molecule has 0 atom stereocenters. The van der Waals surface area contributed by atoms with Crippen LogP contribution in [0.1, 0.15) is 18.4 Å². The van der Waals surface area contributed by atoms with Gasteiger partial charge in [-0.15, -0.1) is 0 Å². The number of carbonyl (C=O) groups excluding carboxylic acids is 2. The largest absolute Gasteiger partial charge is 0.405 e. The molecule has 1 fully saturated rings. The van der Waals surface area contributed by atoms with Crippen LogP contribution in [0, 0.1) is 5.82 Å². The lowest BCUT2D eigenvalue weighted by Crippen LogP contribution is -2.50. The standard InChI is InChI=1S/C20H18FNO4/c21-17-7-6-14-4-1-2-5-15(14)16(17)10-13-22-12-3-11-20(22)25-18(23)8-9-19(24)26-20/h1-2,4-9H,3,10-13H2. The number of fused-ring (bicyclic) bond motifs is 1. The van der Waals surface area contributed by atoms with Crippen LogP contribution < -0.4 is 0 Å². The quantitative estimate of drug-likeness (QED) is 0.793. The van der Waals surface area contributed by atoms with Crippen molar-refractivity contribution in [2.24, 2.45) is 0 Å². The van der Waals surface area contributed by atoms with Gasteiger partial charge in [-0.05, 0) is 35.2 Å². The van der Waals surface area contributed by atoms with Gasteiger partial charge in [-0.1, -0.05) is 30.3 Å². The number of hydrogen-bond donors (Lipinski definition) is 0. The fraction of sp³-hybridized carbons (Fsp3) is 0.300. The van der Waals surface area contributed by atoms with E-state index >= 15 is 0 Å². The van der Waals surface area contributed by atoms with Crippen molar-refractivity contribution in [3.05, 3.63) is 59.9 Å². The Hall–Kier alpha value is -2.73. The van der Waals surface area contributed by atoms with Gasteiger partial charge in [0.05, 0.1) is 0 Å². The van der Waals surface area contributed by atoms with Crippen LogP contribution in [-0.4, -0.2) is 35.8 Å². The minimum absolute atomic E-state index is 0.270. The number of carbonyl (C=O) groups is 2. The van der Waals surface area contributed by atoms with Crippen LogP contribution in [0.5, 0.6) is 0 Å². The van der Waals surface area contributed by atoms with Crippen molar-refractivity contribution in [2.75, 3.05) is 13.1 Å². The molecule has 0 aliphatic carbocycles. The van der Waals surface area contributed by atoms with Crippen molar-refractivity contribution < 1.29 is 23.5 Å². The lowest BCUT2D eigenvalue weighted by molar-refractivity contribution is -0.268. The van der Waals surface area contributed by atoms with Crippen molar-refractivity contribution in [3.63, 3.8) is 0 Å². The number of ether oxygens (including phenoxy) is 2. The van der Waals surface area contributed by atoms with E-state index in [1.165, 1.54) is 6.07 Å². The Morgan fingerprint density at radius 2 is 1.77 bits per heavy atom. The fourth-order valence-electron chi connectivity index (χ4n) is 3.68. The summed E-state index contributed by atoms with van der Waals surface area (Å²) in [4.78, 5) is 25.4. The molecule has 0 amide bonds. The van der Waals surface area contributed by atoms with Crippen LogP contribution >= 0.6 is 0 Å². The van der Waals surface area contributed by atoms with Crippen LogP contribution in [-0.2, 0) is 25.5 Å². The van der Waals surface area contributed by atoms with Gasteiger partial charge in [-0.3, -0.25) is 0 Å². The number of hydrogen-bond acceptors (Lipinski definition) is 5. The second-order valence-corrected chi connectivity index (χ2v) is 6.48. The highest BCUT2D eigenvalue weighted by atomic mass is 19.1. The molecule has 5 nitrogen and oxygen atoms in total. The van der Waals surface area contributed by atoms with Gasteiger partial charge >= 0.3 is 17.8 Å². The first-order valence-electron chi connectivity index (χ1n) is 8.63. The first kappa shape index (κ1) is 16.7. The molecule has 0 radical (unpaired) electrons. The molecule has 0 saturated carbocycles. The third kappa shape index (κ3) is 2.97. The normalized spacial score (nSPS) is 19.6. The van der Waals surface area contributed by atoms with E-state index in [4.69, 9.17) is 9.47 Å². The minimum atomic E-state index is -1.39. The Morgan fingerprint density at radius 3 is 2.54 bits per heavy atom. The van der Waals surface area contributed by atoms with E-state index in [2.05, 4.69) is 0 Å². The van der Waals surface area contributed by atoms with Crippen LogP contribution in [0.4, 0.5) is 4.39 Å². The molecule has 0 unspecified atom stereocenters. The molecule has 4 rings (SSSR count). The molecule has 26 heavy (non-hydrogen) atoms. The van der Waals surface area contributed by atoms with Crippen molar-refractivity contribution in [2.45, 2.75) is 25.2 Å². The Morgan fingerprint density at radius 1 is 1.04 bits per heavy atom. The highest BCUT2D eigenvalue weighted by Gasteiger charge is 2.48. The van der Waals surface area contributed by atoms with Crippen LogP contribution in [0.15, 0.2) is 48.6 Å². The topological polar surface area (TPSA) is 55.8 Å². The van der Waals surface area contributed by atoms with E-state index in [9.17, 15) is 14.0 Å². The molecule has 0 aromatic heterocycles. The van der Waals surface area contributed by atoms with Crippen molar-refractivity contribution in [1.82, 2.24) is 4.90 Å². The van der Waals surface area contributed by atoms with Gasteiger partial charge in [0.1, 0.15) is 5.82 Å². The maximum atomic E-state index is 14.4. The van der Waals surface area contributed by atoms with E-state index in [0.717, 1.165) is 29.3 Å². The zero-order valence-electron chi connectivity index (χ0n) is 14.1. The average molecular weight is 355 g/mol. The number of likely N-dealkylation sites (tertiary alicyclic amines) is 1.